The zero-order valence-electron chi connectivity index (χ0n) is 11.8. The first kappa shape index (κ1) is 16.2. The number of aliphatic hydroxyl groups excluding tert-OH is 1. The first-order valence-corrected chi connectivity index (χ1v) is 7.10. The van der Waals surface area contributed by atoms with Crippen molar-refractivity contribution in [1.29, 1.82) is 0 Å². The molecule has 1 saturated carbocycles. The molecule has 0 spiro atoms. The van der Waals surface area contributed by atoms with Gasteiger partial charge in [0.25, 0.3) is 0 Å². The molecular weight excluding hydrogens is 248 g/mol. The SMILES string of the molecule is CCOCCNC(=O)N(CCOCCO)C1CCC1. The average molecular weight is 274 g/mol. The van der Waals surface area contributed by atoms with Crippen LogP contribution in [-0.4, -0.2) is 68.2 Å². The van der Waals surface area contributed by atoms with Gasteiger partial charge in [-0.1, -0.05) is 0 Å². The molecule has 1 aliphatic carbocycles. The molecule has 0 aliphatic heterocycles. The molecular formula is C13H26N2O4. The summed E-state index contributed by atoms with van der Waals surface area (Å²) in [6.07, 6.45) is 3.32. The fourth-order valence-corrected chi connectivity index (χ4v) is 1.95. The van der Waals surface area contributed by atoms with Crippen LogP contribution < -0.4 is 5.32 Å². The number of carbonyl (C=O) groups is 1. The van der Waals surface area contributed by atoms with Gasteiger partial charge in [0.15, 0.2) is 0 Å². The largest absolute Gasteiger partial charge is 0.394 e. The smallest absolute Gasteiger partial charge is 0.317 e. The number of carbonyl (C=O) groups excluding carboxylic acids is 1. The minimum Gasteiger partial charge on any atom is -0.394 e. The second-order valence-corrected chi connectivity index (χ2v) is 4.54. The minimum atomic E-state index is -0.0444. The number of ether oxygens (including phenoxy) is 2. The molecule has 0 aromatic rings. The van der Waals surface area contributed by atoms with Crippen LogP contribution in [0.25, 0.3) is 0 Å². The molecule has 19 heavy (non-hydrogen) atoms. The number of urea groups is 1. The average Bonchev–Trinajstić information content (AvgIpc) is 2.35. The first-order chi connectivity index (χ1) is 9.29. The van der Waals surface area contributed by atoms with Crippen LogP contribution in [0.4, 0.5) is 4.79 Å². The summed E-state index contributed by atoms with van der Waals surface area (Å²) in [6, 6.07) is 0.293. The Kier molecular flexibility index (Phi) is 8.53. The number of hydrogen-bond donors (Lipinski definition) is 2. The normalized spacial score (nSPS) is 15.1. The lowest BCUT2D eigenvalue weighted by atomic mass is 9.92. The monoisotopic (exact) mass is 274 g/mol. The number of nitrogens with zero attached hydrogens (tertiary/aromatic N) is 1. The Bertz CT molecular complexity index is 247. The van der Waals surface area contributed by atoms with E-state index in [1.807, 2.05) is 11.8 Å². The molecule has 0 unspecified atom stereocenters. The van der Waals surface area contributed by atoms with Crippen LogP contribution in [-0.2, 0) is 9.47 Å². The molecule has 1 fully saturated rings. The van der Waals surface area contributed by atoms with E-state index in [0.29, 0.717) is 45.6 Å². The summed E-state index contributed by atoms with van der Waals surface area (Å²) in [6.45, 7) is 5.06. The van der Waals surface area contributed by atoms with Gasteiger partial charge in [-0.3, -0.25) is 0 Å². The van der Waals surface area contributed by atoms with Crippen molar-refractivity contribution in [2.45, 2.75) is 32.2 Å². The predicted molar refractivity (Wildman–Crippen MR) is 72.1 cm³/mol. The van der Waals surface area contributed by atoms with Gasteiger partial charge in [0, 0.05) is 25.7 Å². The quantitative estimate of drug-likeness (QED) is 0.572. The van der Waals surface area contributed by atoms with E-state index in [1.54, 1.807) is 0 Å². The van der Waals surface area contributed by atoms with Crippen molar-refractivity contribution < 1.29 is 19.4 Å². The number of hydrogen-bond acceptors (Lipinski definition) is 4. The maximum atomic E-state index is 12.1. The first-order valence-electron chi connectivity index (χ1n) is 7.10. The summed E-state index contributed by atoms with van der Waals surface area (Å²) in [5.41, 5.74) is 0. The van der Waals surface area contributed by atoms with Gasteiger partial charge in [0.2, 0.25) is 0 Å². The Morgan fingerprint density at radius 1 is 1.32 bits per heavy atom. The summed E-state index contributed by atoms with van der Waals surface area (Å²) < 4.78 is 10.4. The molecule has 112 valence electrons. The van der Waals surface area contributed by atoms with Crippen molar-refractivity contribution >= 4 is 6.03 Å². The lowest BCUT2D eigenvalue weighted by Crippen LogP contribution is -2.50. The highest BCUT2D eigenvalue weighted by Gasteiger charge is 2.28. The second kappa shape index (κ2) is 10.00. The van der Waals surface area contributed by atoms with Gasteiger partial charge in [-0.2, -0.15) is 0 Å². The summed E-state index contributed by atoms with van der Waals surface area (Å²) in [5, 5.41) is 11.5. The lowest BCUT2D eigenvalue weighted by molar-refractivity contribution is 0.0606. The molecule has 0 aromatic carbocycles. The zero-order chi connectivity index (χ0) is 13.9. The van der Waals surface area contributed by atoms with Crippen molar-refractivity contribution in [3.63, 3.8) is 0 Å². The van der Waals surface area contributed by atoms with Gasteiger partial charge in [-0.15, -0.1) is 0 Å². The van der Waals surface area contributed by atoms with Gasteiger partial charge < -0.3 is 24.8 Å². The van der Waals surface area contributed by atoms with Crippen LogP contribution in [0.15, 0.2) is 0 Å². The van der Waals surface area contributed by atoms with E-state index in [-0.39, 0.29) is 12.6 Å². The van der Waals surface area contributed by atoms with E-state index in [9.17, 15) is 4.79 Å². The van der Waals surface area contributed by atoms with Crippen molar-refractivity contribution in [2.75, 3.05) is 46.1 Å². The number of nitrogens with one attached hydrogen (secondary N) is 1. The fourth-order valence-electron chi connectivity index (χ4n) is 1.95. The third-order valence-electron chi connectivity index (χ3n) is 3.22. The lowest BCUT2D eigenvalue weighted by Gasteiger charge is -2.37. The van der Waals surface area contributed by atoms with E-state index in [2.05, 4.69) is 5.32 Å². The van der Waals surface area contributed by atoms with Crippen LogP contribution in [0, 0.1) is 0 Å². The highest BCUT2D eigenvalue weighted by atomic mass is 16.5. The van der Waals surface area contributed by atoms with Crippen LogP contribution >= 0.6 is 0 Å². The molecule has 0 aromatic heterocycles. The molecule has 2 amide bonds. The Balaban J connectivity index is 2.24. The van der Waals surface area contributed by atoms with Gasteiger partial charge in [0.1, 0.15) is 0 Å². The Labute approximate surface area is 115 Å². The molecule has 1 rings (SSSR count). The summed E-state index contributed by atoms with van der Waals surface area (Å²) >= 11 is 0. The highest BCUT2D eigenvalue weighted by Crippen LogP contribution is 2.24. The van der Waals surface area contributed by atoms with Gasteiger partial charge in [0.05, 0.1) is 26.4 Å². The van der Waals surface area contributed by atoms with Gasteiger partial charge >= 0.3 is 6.03 Å². The Hall–Kier alpha value is -0.850. The van der Waals surface area contributed by atoms with Crippen molar-refractivity contribution in [1.82, 2.24) is 10.2 Å². The number of aliphatic hydroxyl groups is 1. The molecule has 0 radical (unpaired) electrons. The zero-order valence-corrected chi connectivity index (χ0v) is 11.8. The number of rotatable bonds is 10. The molecule has 0 bridgehead atoms. The van der Waals surface area contributed by atoms with Crippen LogP contribution in [0.5, 0.6) is 0 Å². The Morgan fingerprint density at radius 3 is 2.68 bits per heavy atom. The van der Waals surface area contributed by atoms with E-state index in [1.165, 1.54) is 6.42 Å². The van der Waals surface area contributed by atoms with E-state index in [4.69, 9.17) is 14.6 Å². The second-order valence-electron chi connectivity index (χ2n) is 4.54. The van der Waals surface area contributed by atoms with Crippen LogP contribution in [0.3, 0.4) is 0 Å². The van der Waals surface area contributed by atoms with E-state index < -0.39 is 0 Å². The fraction of sp³-hybridized carbons (Fsp3) is 0.923. The molecule has 6 heteroatoms. The standard InChI is InChI=1S/C13H26N2O4/c1-2-18-9-6-14-13(17)15(12-4-3-5-12)7-10-19-11-8-16/h12,16H,2-11H2,1H3,(H,14,17). The molecule has 0 atom stereocenters. The van der Waals surface area contributed by atoms with Crippen molar-refractivity contribution in [2.24, 2.45) is 0 Å². The van der Waals surface area contributed by atoms with Gasteiger partial charge in [-0.05, 0) is 26.2 Å². The molecule has 6 nitrogen and oxygen atoms in total. The predicted octanol–water partition coefficient (Wildman–Crippen LogP) is 0.596. The highest BCUT2D eigenvalue weighted by molar-refractivity contribution is 5.74. The van der Waals surface area contributed by atoms with Gasteiger partial charge in [-0.25, -0.2) is 4.79 Å². The molecule has 1 aliphatic rings. The maximum Gasteiger partial charge on any atom is 0.317 e. The van der Waals surface area contributed by atoms with Crippen LogP contribution in [0.1, 0.15) is 26.2 Å². The van der Waals surface area contributed by atoms with Crippen molar-refractivity contribution in [3.8, 4) is 0 Å². The Morgan fingerprint density at radius 2 is 2.11 bits per heavy atom. The number of amides is 2. The third-order valence-corrected chi connectivity index (χ3v) is 3.22. The van der Waals surface area contributed by atoms with Crippen LogP contribution in [0.2, 0.25) is 0 Å². The summed E-state index contributed by atoms with van der Waals surface area (Å²) in [4.78, 5) is 13.9. The van der Waals surface area contributed by atoms with Crippen molar-refractivity contribution in [3.05, 3.63) is 0 Å². The topological polar surface area (TPSA) is 71.0 Å². The molecule has 0 heterocycles. The summed E-state index contributed by atoms with van der Waals surface area (Å²) in [7, 11) is 0. The molecule has 2 N–H and O–H groups in total. The summed E-state index contributed by atoms with van der Waals surface area (Å²) in [5.74, 6) is 0. The maximum absolute atomic E-state index is 12.1. The van der Waals surface area contributed by atoms with E-state index in [0.717, 1.165) is 12.8 Å². The molecule has 0 saturated heterocycles. The van der Waals surface area contributed by atoms with E-state index >= 15 is 0 Å². The minimum absolute atomic E-state index is 0.0178. The third kappa shape index (κ3) is 6.22.